The molecule has 0 spiro atoms. The summed E-state index contributed by atoms with van der Waals surface area (Å²) in [6.45, 7) is 1.40. The monoisotopic (exact) mass is 169 g/mol. The maximum absolute atomic E-state index is 11.1. The van der Waals surface area contributed by atoms with Gasteiger partial charge >= 0.3 is 0 Å². The summed E-state index contributed by atoms with van der Waals surface area (Å²) < 4.78 is 0. The van der Waals surface area contributed by atoms with Crippen LogP contribution in [0.25, 0.3) is 0 Å². The number of nitrogens with zero attached hydrogens (tertiary/aromatic N) is 1. The van der Waals surface area contributed by atoms with Crippen LogP contribution in [0.4, 0.5) is 5.95 Å². The van der Waals surface area contributed by atoms with E-state index in [0.29, 0.717) is 17.2 Å². The van der Waals surface area contributed by atoms with Gasteiger partial charge in [-0.2, -0.15) is 0 Å². The molecule has 0 aliphatic carbocycles. The van der Waals surface area contributed by atoms with Crippen LogP contribution in [0.3, 0.4) is 0 Å². The van der Waals surface area contributed by atoms with Gasteiger partial charge in [-0.15, -0.1) is 0 Å². The molecule has 0 fully saturated rings. The Balaban J connectivity index is 3.29. The molecule has 1 rings (SSSR count). The number of aromatic amines is 1. The molecule has 0 aliphatic rings. The van der Waals surface area contributed by atoms with Gasteiger partial charge in [0.05, 0.1) is 12.3 Å². The van der Waals surface area contributed by atoms with E-state index in [1.807, 2.05) is 0 Å². The molecule has 3 N–H and O–H groups in total. The van der Waals surface area contributed by atoms with E-state index in [1.165, 1.54) is 0 Å². The molecule has 1 heterocycles. The predicted molar refractivity (Wildman–Crippen MR) is 45.1 cm³/mol. The molecule has 0 saturated heterocycles. The van der Waals surface area contributed by atoms with Crippen molar-refractivity contribution in [3.8, 4) is 0 Å². The van der Waals surface area contributed by atoms with Crippen molar-refractivity contribution in [2.45, 2.75) is 13.5 Å². The number of H-pyrrole nitrogens is 1. The van der Waals surface area contributed by atoms with Crippen LogP contribution >= 0.6 is 0 Å². The number of aliphatic hydroxyl groups excluding tert-OH is 1. The lowest BCUT2D eigenvalue weighted by Crippen LogP contribution is -2.17. The summed E-state index contributed by atoms with van der Waals surface area (Å²) in [5, 5.41) is 11.5. The minimum absolute atomic E-state index is 0.218. The van der Waals surface area contributed by atoms with Gasteiger partial charge in [0.15, 0.2) is 0 Å². The minimum Gasteiger partial charge on any atom is -0.390 e. The second-order valence-corrected chi connectivity index (χ2v) is 2.39. The highest BCUT2D eigenvalue weighted by atomic mass is 16.3. The first kappa shape index (κ1) is 8.73. The quantitative estimate of drug-likeness (QED) is 0.563. The smallest absolute Gasteiger partial charge is 0.255 e. The lowest BCUT2D eigenvalue weighted by molar-refractivity contribution is 0.275. The van der Waals surface area contributed by atoms with Crippen molar-refractivity contribution in [3.05, 3.63) is 21.6 Å². The normalized spacial score (nSPS) is 9.92. The van der Waals surface area contributed by atoms with Crippen LogP contribution in [0.15, 0.2) is 4.79 Å². The summed E-state index contributed by atoms with van der Waals surface area (Å²) in [7, 11) is 1.65. The second kappa shape index (κ2) is 3.36. The van der Waals surface area contributed by atoms with Gasteiger partial charge in [0.1, 0.15) is 0 Å². The van der Waals surface area contributed by atoms with E-state index in [4.69, 9.17) is 5.11 Å². The first-order valence-corrected chi connectivity index (χ1v) is 3.57. The zero-order valence-electron chi connectivity index (χ0n) is 7.01. The largest absolute Gasteiger partial charge is 0.390 e. The lowest BCUT2D eigenvalue weighted by Gasteiger charge is -2.03. The third-order valence-corrected chi connectivity index (χ3v) is 1.64. The van der Waals surface area contributed by atoms with Gasteiger partial charge in [-0.1, -0.05) is 0 Å². The summed E-state index contributed by atoms with van der Waals surface area (Å²) >= 11 is 0. The van der Waals surface area contributed by atoms with Crippen LogP contribution in [0.2, 0.25) is 0 Å². The maximum Gasteiger partial charge on any atom is 0.255 e. The van der Waals surface area contributed by atoms with Gasteiger partial charge in [0, 0.05) is 12.6 Å². The van der Waals surface area contributed by atoms with E-state index in [2.05, 4.69) is 15.3 Å². The van der Waals surface area contributed by atoms with E-state index < -0.39 is 0 Å². The van der Waals surface area contributed by atoms with Crippen molar-refractivity contribution in [3.63, 3.8) is 0 Å². The third-order valence-electron chi connectivity index (χ3n) is 1.64. The fourth-order valence-corrected chi connectivity index (χ4v) is 0.851. The summed E-state index contributed by atoms with van der Waals surface area (Å²) in [5.41, 5.74) is 0.637. The fourth-order valence-electron chi connectivity index (χ4n) is 0.851. The maximum atomic E-state index is 11.1. The fraction of sp³-hybridized carbons (Fsp3) is 0.429. The molecule has 5 heteroatoms. The van der Waals surface area contributed by atoms with E-state index in [0.717, 1.165) is 0 Å². The molecule has 1 aromatic heterocycles. The Morgan fingerprint density at radius 3 is 2.83 bits per heavy atom. The highest BCUT2D eigenvalue weighted by molar-refractivity contribution is 5.27. The first-order chi connectivity index (χ1) is 5.69. The highest BCUT2D eigenvalue weighted by Crippen LogP contribution is 2.00. The molecular formula is C7H11N3O2. The minimum atomic E-state index is -0.224. The Morgan fingerprint density at radius 2 is 2.33 bits per heavy atom. The van der Waals surface area contributed by atoms with Crippen molar-refractivity contribution in [2.75, 3.05) is 12.4 Å². The van der Waals surface area contributed by atoms with E-state index >= 15 is 0 Å². The third kappa shape index (κ3) is 1.45. The second-order valence-electron chi connectivity index (χ2n) is 2.39. The van der Waals surface area contributed by atoms with Gasteiger partial charge in [-0.25, -0.2) is 4.98 Å². The first-order valence-electron chi connectivity index (χ1n) is 3.57. The number of anilines is 1. The van der Waals surface area contributed by atoms with Gasteiger partial charge in [0.2, 0.25) is 5.95 Å². The number of rotatable bonds is 2. The van der Waals surface area contributed by atoms with Gasteiger partial charge in [-0.05, 0) is 6.92 Å². The number of hydrogen-bond donors (Lipinski definition) is 3. The number of hydrogen-bond acceptors (Lipinski definition) is 4. The lowest BCUT2D eigenvalue weighted by atomic mass is 10.2. The molecule has 0 unspecified atom stereocenters. The zero-order chi connectivity index (χ0) is 9.14. The van der Waals surface area contributed by atoms with Crippen molar-refractivity contribution >= 4 is 5.95 Å². The molecule has 0 aliphatic heterocycles. The molecular weight excluding hydrogens is 158 g/mol. The molecule has 0 bridgehead atoms. The predicted octanol–water partition coefficient (Wildman–Crippen LogP) is -0.388. The van der Waals surface area contributed by atoms with Crippen molar-refractivity contribution in [1.29, 1.82) is 0 Å². The summed E-state index contributed by atoms with van der Waals surface area (Å²) in [6.07, 6.45) is 0. The number of aliphatic hydroxyl groups is 1. The molecule has 1 aromatic rings. The van der Waals surface area contributed by atoms with Gasteiger partial charge in [-0.3, -0.25) is 9.78 Å². The Hall–Kier alpha value is -1.36. The van der Waals surface area contributed by atoms with Crippen LogP contribution in [0.5, 0.6) is 0 Å². The van der Waals surface area contributed by atoms with Crippen LogP contribution in [-0.2, 0) is 6.61 Å². The van der Waals surface area contributed by atoms with Crippen LogP contribution in [0, 0.1) is 6.92 Å². The van der Waals surface area contributed by atoms with Crippen molar-refractivity contribution in [2.24, 2.45) is 0 Å². The summed E-state index contributed by atoms with van der Waals surface area (Å²) in [5.74, 6) is 0.370. The molecule has 0 atom stereocenters. The Kier molecular flexibility index (Phi) is 2.44. The average Bonchev–Trinajstić information content (AvgIpc) is 2.09. The van der Waals surface area contributed by atoms with E-state index in [-0.39, 0.29) is 12.2 Å². The standard InChI is InChI=1S/C7H11N3O2/c1-4-5(3-11)9-7(8-2)10-6(4)12/h11H,3H2,1-2H3,(H2,8,9,10,12). The summed E-state index contributed by atoms with van der Waals surface area (Å²) in [4.78, 5) is 17.6. The molecule has 0 aromatic carbocycles. The Labute approximate surface area is 69.5 Å². The number of nitrogens with one attached hydrogen (secondary N) is 2. The number of aromatic nitrogens is 2. The van der Waals surface area contributed by atoms with E-state index in [1.54, 1.807) is 14.0 Å². The highest BCUT2D eigenvalue weighted by Gasteiger charge is 2.04. The molecule has 0 radical (unpaired) electrons. The SMILES string of the molecule is CNc1nc(CO)c(C)c(=O)[nH]1. The molecule has 0 saturated carbocycles. The molecule has 5 nitrogen and oxygen atoms in total. The van der Waals surface area contributed by atoms with Crippen molar-refractivity contribution in [1.82, 2.24) is 9.97 Å². The van der Waals surface area contributed by atoms with Crippen LogP contribution < -0.4 is 10.9 Å². The molecule has 66 valence electrons. The van der Waals surface area contributed by atoms with Crippen molar-refractivity contribution < 1.29 is 5.11 Å². The summed E-state index contributed by atoms with van der Waals surface area (Å²) in [6, 6.07) is 0. The van der Waals surface area contributed by atoms with Crippen LogP contribution in [-0.4, -0.2) is 22.1 Å². The molecule has 0 amide bonds. The van der Waals surface area contributed by atoms with Gasteiger partial charge in [0.25, 0.3) is 5.56 Å². The molecule has 12 heavy (non-hydrogen) atoms. The van der Waals surface area contributed by atoms with Gasteiger partial charge < -0.3 is 10.4 Å². The average molecular weight is 169 g/mol. The van der Waals surface area contributed by atoms with Crippen LogP contribution in [0.1, 0.15) is 11.3 Å². The van der Waals surface area contributed by atoms with E-state index in [9.17, 15) is 4.79 Å². The Bertz CT molecular complexity index is 332. The Morgan fingerprint density at radius 1 is 1.67 bits per heavy atom. The zero-order valence-corrected chi connectivity index (χ0v) is 7.01. The topological polar surface area (TPSA) is 78.0 Å².